The molecule has 0 amide bonds. The third kappa shape index (κ3) is 4.37. The molecule has 0 aliphatic heterocycles. The lowest BCUT2D eigenvalue weighted by Crippen LogP contribution is -2.28. The number of nitrogens with one attached hydrogen (secondary N) is 1. The fraction of sp³-hybridized carbons (Fsp3) is 1.00. The fourth-order valence-corrected chi connectivity index (χ4v) is 2.57. The second kappa shape index (κ2) is 5.26. The molecular formula is C11H23NS. The SMILES string of the molecule is CSCCCNC1CCC(C)(C)C1. The summed E-state index contributed by atoms with van der Waals surface area (Å²) in [7, 11) is 0. The Morgan fingerprint density at radius 1 is 1.46 bits per heavy atom. The van der Waals surface area contributed by atoms with Crippen LogP contribution in [-0.4, -0.2) is 24.6 Å². The predicted octanol–water partition coefficient (Wildman–Crippen LogP) is 2.91. The zero-order valence-corrected chi connectivity index (χ0v) is 10.0. The van der Waals surface area contributed by atoms with Gasteiger partial charge in [-0.05, 0) is 49.7 Å². The van der Waals surface area contributed by atoms with E-state index in [0.717, 1.165) is 6.04 Å². The van der Waals surface area contributed by atoms with Crippen molar-refractivity contribution in [3.05, 3.63) is 0 Å². The second-order valence-electron chi connectivity index (χ2n) is 4.90. The topological polar surface area (TPSA) is 12.0 Å². The van der Waals surface area contributed by atoms with Crippen molar-refractivity contribution >= 4 is 11.8 Å². The number of thioether (sulfide) groups is 1. The van der Waals surface area contributed by atoms with Crippen LogP contribution in [0.4, 0.5) is 0 Å². The van der Waals surface area contributed by atoms with Gasteiger partial charge in [0.15, 0.2) is 0 Å². The van der Waals surface area contributed by atoms with E-state index in [1.807, 2.05) is 11.8 Å². The number of hydrogen-bond donors (Lipinski definition) is 1. The molecule has 13 heavy (non-hydrogen) atoms. The summed E-state index contributed by atoms with van der Waals surface area (Å²) in [6.45, 7) is 5.98. The van der Waals surface area contributed by atoms with Crippen LogP contribution in [0.5, 0.6) is 0 Å². The maximum absolute atomic E-state index is 3.66. The van der Waals surface area contributed by atoms with Crippen LogP contribution in [0.1, 0.15) is 39.5 Å². The van der Waals surface area contributed by atoms with Gasteiger partial charge in [0.2, 0.25) is 0 Å². The molecule has 1 saturated carbocycles. The molecule has 1 nitrogen and oxygen atoms in total. The van der Waals surface area contributed by atoms with Crippen molar-refractivity contribution in [1.82, 2.24) is 5.32 Å². The van der Waals surface area contributed by atoms with Crippen LogP contribution >= 0.6 is 11.8 Å². The van der Waals surface area contributed by atoms with Crippen LogP contribution < -0.4 is 5.32 Å². The Bertz CT molecular complexity index is 145. The van der Waals surface area contributed by atoms with E-state index in [9.17, 15) is 0 Å². The lowest BCUT2D eigenvalue weighted by atomic mass is 9.92. The minimum absolute atomic E-state index is 0.594. The summed E-state index contributed by atoms with van der Waals surface area (Å²) in [5.74, 6) is 1.29. The van der Waals surface area contributed by atoms with Gasteiger partial charge >= 0.3 is 0 Å². The monoisotopic (exact) mass is 201 g/mol. The van der Waals surface area contributed by atoms with Crippen molar-refractivity contribution in [1.29, 1.82) is 0 Å². The Kier molecular flexibility index (Phi) is 4.60. The van der Waals surface area contributed by atoms with Crippen molar-refractivity contribution in [3.63, 3.8) is 0 Å². The molecular weight excluding hydrogens is 178 g/mol. The molecule has 0 bridgehead atoms. The van der Waals surface area contributed by atoms with E-state index in [0.29, 0.717) is 5.41 Å². The third-order valence-electron chi connectivity index (χ3n) is 2.93. The standard InChI is InChI=1S/C11H23NS/c1-11(2)6-5-10(9-11)12-7-4-8-13-3/h10,12H,4-9H2,1-3H3. The normalized spacial score (nSPS) is 26.5. The molecule has 1 rings (SSSR count). The number of rotatable bonds is 5. The van der Waals surface area contributed by atoms with Gasteiger partial charge < -0.3 is 5.32 Å². The Labute approximate surface area is 87.1 Å². The molecule has 1 aliphatic carbocycles. The van der Waals surface area contributed by atoms with Gasteiger partial charge in [-0.25, -0.2) is 0 Å². The first-order valence-electron chi connectivity index (χ1n) is 5.36. The second-order valence-corrected chi connectivity index (χ2v) is 5.89. The summed E-state index contributed by atoms with van der Waals surface area (Å²) in [4.78, 5) is 0. The smallest absolute Gasteiger partial charge is 0.00723 e. The summed E-state index contributed by atoms with van der Waals surface area (Å²) >= 11 is 1.94. The summed E-state index contributed by atoms with van der Waals surface area (Å²) in [6.07, 6.45) is 7.64. The molecule has 0 aromatic carbocycles. The van der Waals surface area contributed by atoms with Crippen molar-refractivity contribution in [3.8, 4) is 0 Å². The van der Waals surface area contributed by atoms with E-state index < -0.39 is 0 Å². The van der Waals surface area contributed by atoms with E-state index in [2.05, 4.69) is 25.4 Å². The quantitative estimate of drug-likeness (QED) is 0.686. The molecule has 1 fully saturated rings. The molecule has 2 heteroatoms. The van der Waals surface area contributed by atoms with E-state index in [4.69, 9.17) is 0 Å². The Balaban J connectivity index is 2.04. The third-order valence-corrected chi connectivity index (χ3v) is 3.62. The van der Waals surface area contributed by atoms with Crippen LogP contribution in [0.15, 0.2) is 0 Å². The minimum Gasteiger partial charge on any atom is -0.314 e. The van der Waals surface area contributed by atoms with Gasteiger partial charge in [0.05, 0.1) is 0 Å². The van der Waals surface area contributed by atoms with E-state index in [1.165, 1.54) is 38.0 Å². The summed E-state index contributed by atoms with van der Waals surface area (Å²) in [6, 6.07) is 0.803. The van der Waals surface area contributed by atoms with Crippen molar-refractivity contribution in [2.75, 3.05) is 18.6 Å². The molecule has 1 N–H and O–H groups in total. The zero-order valence-electron chi connectivity index (χ0n) is 9.23. The molecule has 0 saturated heterocycles. The highest BCUT2D eigenvalue weighted by Crippen LogP contribution is 2.36. The highest BCUT2D eigenvalue weighted by atomic mass is 32.2. The molecule has 78 valence electrons. The first-order chi connectivity index (χ1) is 6.14. The van der Waals surface area contributed by atoms with Gasteiger partial charge in [0, 0.05) is 6.04 Å². The summed E-state index contributed by atoms with van der Waals surface area (Å²) < 4.78 is 0. The van der Waals surface area contributed by atoms with E-state index in [1.54, 1.807) is 0 Å². The number of hydrogen-bond acceptors (Lipinski definition) is 2. The van der Waals surface area contributed by atoms with Crippen LogP contribution in [0.3, 0.4) is 0 Å². The highest BCUT2D eigenvalue weighted by molar-refractivity contribution is 7.98. The molecule has 1 unspecified atom stereocenters. The maximum atomic E-state index is 3.66. The van der Waals surface area contributed by atoms with Gasteiger partial charge in [0.1, 0.15) is 0 Å². The van der Waals surface area contributed by atoms with Gasteiger partial charge in [0.25, 0.3) is 0 Å². The molecule has 0 aromatic rings. The van der Waals surface area contributed by atoms with Crippen LogP contribution in [0.25, 0.3) is 0 Å². The molecule has 0 spiro atoms. The van der Waals surface area contributed by atoms with Gasteiger partial charge in [-0.1, -0.05) is 13.8 Å². The first kappa shape index (κ1) is 11.4. The average molecular weight is 201 g/mol. The Morgan fingerprint density at radius 2 is 2.23 bits per heavy atom. The van der Waals surface area contributed by atoms with Crippen LogP contribution in [0.2, 0.25) is 0 Å². The van der Waals surface area contributed by atoms with Crippen molar-refractivity contribution in [2.45, 2.75) is 45.6 Å². The van der Waals surface area contributed by atoms with E-state index in [-0.39, 0.29) is 0 Å². The minimum atomic E-state index is 0.594. The Hall–Kier alpha value is 0.310. The maximum Gasteiger partial charge on any atom is 0.00723 e. The van der Waals surface area contributed by atoms with Crippen LogP contribution in [0, 0.1) is 5.41 Å². The molecule has 0 heterocycles. The zero-order chi connectivity index (χ0) is 9.73. The van der Waals surface area contributed by atoms with Crippen molar-refractivity contribution in [2.24, 2.45) is 5.41 Å². The predicted molar refractivity (Wildman–Crippen MR) is 62.4 cm³/mol. The van der Waals surface area contributed by atoms with Crippen LogP contribution in [-0.2, 0) is 0 Å². The fourth-order valence-electron chi connectivity index (χ4n) is 2.13. The van der Waals surface area contributed by atoms with Gasteiger partial charge in [-0.2, -0.15) is 11.8 Å². The molecule has 1 aliphatic rings. The largest absolute Gasteiger partial charge is 0.314 e. The molecule has 0 aromatic heterocycles. The lowest BCUT2D eigenvalue weighted by Gasteiger charge is -2.17. The van der Waals surface area contributed by atoms with Gasteiger partial charge in [-0.15, -0.1) is 0 Å². The Morgan fingerprint density at radius 3 is 2.77 bits per heavy atom. The highest BCUT2D eigenvalue weighted by Gasteiger charge is 2.30. The molecule has 1 atom stereocenters. The summed E-state index contributed by atoms with van der Waals surface area (Å²) in [5, 5.41) is 3.66. The average Bonchev–Trinajstić information content (AvgIpc) is 2.40. The van der Waals surface area contributed by atoms with Gasteiger partial charge in [-0.3, -0.25) is 0 Å². The first-order valence-corrected chi connectivity index (χ1v) is 6.76. The summed E-state index contributed by atoms with van der Waals surface area (Å²) in [5.41, 5.74) is 0.594. The lowest BCUT2D eigenvalue weighted by molar-refractivity contribution is 0.365. The van der Waals surface area contributed by atoms with E-state index >= 15 is 0 Å². The van der Waals surface area contributed by atoms with Crippen molar-refractivity contribution < 1.29 is 0 Å². The molecule has 0 radical (unpaired) electrons.